The van der Waals surface area contributed by atoms with Gasteiger partial charge in [0.05, 0.1) is 28.1 Å². The maximum absolute atomic E-state index is 13.0. The summed E-state index contributed by atoms with van der Waals surface area (Å²) in [5.41, 5.74) is 1.87. The van der Waals surface area contributed by atoms with E-state index in [0.29, 0.717) is 29.3 Å². The van der Waals surface area contributed by atoms with Gasteiger partial charge in [0.1, 0.15) is 5.69 Å². The van der Waals surface area contributed by atoms with Crippen LogP contribution in [0.4, 0.5) is 0 Å². The van der Waals surface area contributed by atoms with E-state index >= 15 is 0 Å². The first-order valence-corrected chi connectivity index (χ1v) is 12.9. The van der Waals surface area contributed by atoms with Crippen molar-refractivity contribution in [2.45, 2.75) is 37.0 Å². The van der Waals surface area contributed by atoms with E-state index in [9.17, 15) is 14.7 Å². The van der Waals surface area contributed by atoms with Gasteiger partial charge in [0.2, 0.25) is 5.88 Å². The van der Waals surface area contributed by atoms with Gasteiger partial charge in [-0.15, -0.1) is 11.8 Å². The van der Waals surface area contributed by atoms with Crippen LogP contribution in [-0.2, 0) is 4.79 Å². The van der Waals surface area contributed by atoms with Crippen LogP contribution in [0.1, 0.15) is 42.3 Å². The molecule has 1 unspecified atom stereocenters. The molecule has 0 spiro atoms. The van der Waals surface area contributed by atoms with Crippen LogP contribution in [0.25, 0.3) is 11.7 Å². The summed E-state index contributed by atoms with van der Waals surface area (Å²) < 4.78 is 1.69. The minimum absolute atomic E-state index is 0.0134. The third-order valence-electron chi connectivity index (χ3n) is 6.17. The van der Waals surface area contributed by atoms with Crippen molar-refractivity contribution in [3.05, 3.63) is 55.8 Å². The normalized spacial score (nSPS) is 19.0. The molecule has 4 heterocycles. The van der Waals surface area contributed by atoms with Crippen LogP contribution in [0.15, 0.2) is 33.0 Å². The first kappa shape index (κ1) is 24.3. The average Bonchev–Trinajstić information content (AvgIpc) is 3.22. The Morgan fingerprint density at radius 2 is 2.11 bits per heavy atom. The number of rotatable bonds is 8. The molecule has 3 N–H and O–H groups in total. The highest BCUT2D eigenvalue weighted by Crippen LogP contribution is 2.43. The van der Waals surface area contributed by atoms with Gasteiger partial charge in [-0.3, -0.25) is 14.8 Å². The van der Waals surface area contributed by atoms with E-state index in [-0.39, 0.29) is 28.8 Å². The van der Waals surface area contributed by atoms with Crippen LogP contribution >= 0.6 is 11.8 Å². The fourth-order valence-corrected chi connectivity index (χ4v) is 5.26. The first-order valence-electron chi connectivity index (χ1n) is 12.0. The smallest absolute Gasteiger partial charge is 0.326 e. The number of imidazole rings is 1. The zero-order chi connectivity index (χ0) is 25.4. The number of thioether (sulfide) groups is 1. The van der Waals surface area contributed by atoms with Crippen LogP contribution in [0.2, 0.25) is 0 Å². The Kier molecular flexibility index (Phi) is 6.71. The minimum atomic E-state index is -0.495. The van der Waals surface area contributed by atoms with Crippen molar-refractivity contribution < 1.29 is 9.90 Å². The number of amides is 1. The zero-order valence-corrected chi connectivity index (χ0v) is 21.4. The van der Waals surface area contributed by atoms with Gasteiger partial charge in [0.25, 0.3) is 5.91 Å². The van der Waals surface area contributed by atoms with Crippen molar-refractivity contribution in [3.63, 3.8) is 0 Å². The summed E-state index contributed by atoms with van der Waals surface area (Å²) in [5, 5.41) is 15.1. The number of fused-ring (bicyclic) bond motifs is 1. The zero-order valence-electron chi connectivity index (χ0n) is 20.6. The predicted molar refractivity (Wildman–Crippen MR) is 137 cm³/mol. The van der Waals surface area contributed by atoms with Crippen molar-refractivity contribution in [2.75, 3.05) is 34.2 Å². The van der Waals surface area contributed by atoms with Gasteiger partial charge < -0.3 is 19.9 Å². The summed E-state index contributed by atoms with van der Waals surface area (Å²) in [4.78, 5) is 43.8. The lowest BCUT2D eigenvalue weighted by Crippen LogP contribution is -2.30. The molecule has 12 heteroatoms. The number of likely N-dealkylation sites (N-methyl/N-ethyl adjacent to an activating group) is 1. The van der Waals surface area contributed by atoms with Gasteiger partial charge in [-0.2, -0.15) is 9.61 Å². The van der Waals surface area contributed by atoms with Gasteiger partial charge in [0.15, 0.2) is 11.1 Å². The maximum Gasteiger partial charge on any atom is 0.326 e. The number of nitrogens with one attached hydrogen (secondary N) is 2. The summed E-state index contributed by atoms with van der Waals surface area (Å²) in [6, 6.07) is 2.24. The Morgan fingerprint density at radius 1 is 1.31 bits per heavy atom. The molecule has 3 aromatic heterocycles. The van der Waals surface area contributed by atoms with E-state index in [1.807, 2.05) is 33.3 Å². The molecule has 0 aromatic carbocycles. The summed E-state index contributed by atoms with van der Waals surface area (Å²) in [6.07, 6.45) is 8.99. The van der Waals surface area contributed by atoms with Crippen LogP contribution in [0, 0.1) is 0 Å². The Balaban J connectivity index is 1.43. The lowest BCUT2D eigenvalue weighted by Gasteiger charge is -2.19. The number of aromatic hydroxyl groups is 1. The van der Waals surface area contributed by atoms with Crippen molar-refractivity contribution >= 4 is 29.4 Å². The largest absolute Gasteiger partial charge is 0.493 e. The Hall–Kier alpha value is -3.38. The van der Waals surface area contributed by atoms with Crippen LogP contribution in [0.3, 0.4) is 0 Å². The Labute approximate surface area is 211 Å². The highest BCUT2D eigenvalue weighted by atomic mass is 32.2. The second-order valence-corrected chi connectivity index (χ2v) is 10.8. The summed E-state index contributed by atoms with van der Waals surface area (Å²) in [5.74, 6) is -0.206. The molecule has 11 nitrogen and oxygen atoms in total. The number of aromatic nitrogens is 5. The second-order valence-electron chi connectivity index (χ2n) is 9.51. The van der Waals surface area contributed by atoms with Gasteiger partial charge in [0, 0.05) is 24.9 Å². The molecule has 1 aliphatic heterocycles. The third kappa shape index (κ3) is 5.24. The number of hydrogen-bond acceptors (Lipinski definition) is 8. The molecule has 0 radical (unpaired) electrons. The quantitative estimate of drug-likeness (QED) is 0.402. The van der Waals surface area contributed by atoms with E-state index in [4.69, 9.17) is 9.98 Å². The van der Waals surface area contributed by atoms with Gasteiger partial charge in [-0.05, 0) is 52.4 Å². The molecule has 1 fully saturated rings. The van der Waals surface area contributed by atoms with Crippen LogP contribution in [-0.4, -0.2) is 85.7 Å². The van der Waals surface area contributed by atoms with Gasteiger partial charge in [-0.25, -0.2) is 9.78 Å². The molecule has 3 aromatic rings. The fourth-order valence-electron chi connectivity index (χ4n) is 4.08. The Bertz CT molecular complexity index is 1500. The summed E-state index contributed by atoms with van der Waals surface area (Å²) >= 11 is 1.53. The standard InChI is InChI=1S/C24H30N8O3S/c1-30(2)9-4-10-31(3)23(34)19-8-7-18(36-19)16-12-20(26-15-5-6-15)32-21(27-16)14(13-25-32)11-17-22(33)29-24(35)28-17/h8,11-13,15,18,33H,4-7,9-10H2,1-3H3,(H2,28,29,35). The molecule has 0 bridgehead atoms. The van der Waals surface area contributed by atoms with E-state index < -0.39 is 5.69 Å². The predicted octanol–water partition coefficient (Wildman–Crippen LogP) is 0.534. The molecule has 5 rings (SSSR count). The number of aromatic amines is 2. The van der Waals surface area contributed by atoms with E-state index in [1.165, 1.54) is 11.8 Å². The molecule has 1 saturated carbocycles. The number of H-pyrrole nitrogens is 2. The summed E-state index contributed by atoms with van der Waals surface area (Å²) in [6.45, 7) is 1.64. The molecule has 190 valence electrons. The average molecular weight is 511 g/mol. The lowest BCUT2D eigenvalue weighted by atomic mass is 10.2. The molecule has 0 saturated heterocycles. The maximum atomic E-state index is 13.0. The van der Waals surface area contributed by atoms with E-state index in [2.05, 4.69) is 20.0 Å². The number of allylic oxidation sites excluding steroid dienone is 1. The van der Waals surface area contributed by atoms with Gasteiger partial charge in [-0.1, -0.05) is 6.08 Å². The molecule has 1 atom stereocenters. The number of carbonyl (C=O) groups excluding carboxylic acids is 1. The molecule has 2 aliphatic rings. The highest BCUT2D eigenvalue weighted by Gasteiger charge is 2.28. The molecule has 36 heavy (non-hydrogen) atoms. The number of nitrogens with zero attached hydrogens (tertiary/aromatic N) is 6. The minimum Gasteiger partial charge on any atom is -0.493 e. The molecular formula is C24H30N8O3S. The number of carbonyl (C=O) groups is 1. The summed E-state index contributed by atoms with van der Waals surface area (Å²) in [7, 11) is 5.90. The van der Waals surface area contributed by atoms with Crippen molar-refractivity contribution in [2.24, 2.45) is 4.99 Å². The monoisotopic (exact) mass is 510 g/mol. The topological polar surface area (TPSA) is 135 Å². The lowest BCUT2D eigenvalue weighted by molar-refractivity contribution is -0.125. The number of hydrogen-bond donors (Lipinski definition) is 3. The van der Waals surface area contributed by atoms with E-state index in [1.54, 1.807) is 21.7 Å². The Morgan fingerprint density at radius 3 is 2.81 bits per heavy atom. The third-order valence-corrected chi connectivity index (χ3v) is 7.48. The second kappa shape index (κ2) is 9.94. The van der Waals surface area contributed by atoms with Crippen molar-refractivity contribution in [1.82, 2.24) is 34.4 Å². The van der Waals surface area contributed by atoms with Gasteiger partial charge >= 0.3 is 5.69 Å². The fraction of sp³-hybridized carbons (Fsp3) is 0.458. The molecule has 1 amide bonds. The first-order chi connectivity index (χ1) is 17.3. The molecular weight excluding hydrogens is 480 g/mol. The van der Waals surface area contributed by atoms with Crippen molar-refractivity contribution in [3.8, 4) is 5.88 Å². The van der Waals surface area contributed by atoms with Crippen molar-refractivity contribution in [1.29, 1.82) is 0 Å². The van der Waals surface area contributed by atoms with Crippen LogP contribution in [0.5, 0.6) is 5.88 Å². The highest BCUT2D eigenvalue weighted by molar-refractivity contribution is 8.04. The SMILES string of the molecule is CN(C)CCCN(C)C(=O)C1=CCC(c2cc(=NC3CC3)n3ncc(=Cc4[nH]c(=O)[nH]c4O)c3n2)S1. The van der Waals surface area contributed by atoms with E-state index in [0.717, 1.165) is 36.4 Å². The molecule has 1 aliphatic carbocycles. The van der Waals surface area contributed by atoms with Crippen LogP contribution < -0.4 is 16.4 Å².